The molecule has 26 heavy (non-hydrogen) atoms. The first-order chi connectivity index (χ1) is 12.7. The zero-order valence-corrected chi connectivity index (χ0v) is 14.3. The predicted molar refractivity (Wildman–Crippen MR) is 100.0 cm³/mol. The van der Waals surface area contributed by atoms with Crippen LogP contribution in [-0.2, 0) is 6.54 Å². The molecule has 0 fully saturated rings. The number of pyridine rings is 2. The standard InChI is InChI=1S/C20H17N5O/c1-14-7-8-16(12-22-14)20(26)23-18-9-11-25(24-18)13-17-5-2-4-15-6-3-10-21-19(15)17/h2-12H,13H2,1H3,(H,23,24,26). The minimum atomic E-state index is -0.227. The molecule has 4 aromatic rings. The summed E-state index contributed by atoms with van der Waals surface area (Å²) < 4.78 is 1.78. The van der Waals surface area contributed by atoms with Crippen LogP contribution in [0.4, 0.5) is 5.82 Å². The van der Waals surface area contributed by atoms with Crippen LogP contribution in [0.3, 0.4) is 0 Å². The Morgan fingerprint density at radius 1 is 1.08 bits per heavy atom. The molecule has 1 N–H and O–H groups in total. The summed E-state index contributed by atoms with van der Waals surface area (Å²) in [5.74, 6) is 0.276. The Labute approximate surface area is 150 Å². The average molecular weight is 343 g/mol. The van der Waals surface area contributed by atoms with Crippen LogP contribution >= 0.6 is 0 Å². The number of fused-ring (bicyclic) bond motifs is 1. The highest BCUT2D eigenvalue weighted by Gasteiger charge is 2.09. The Balaban J connectivity index is 1.51. The molecule has 0 aliphatic carbocycles. The highest BCUT2D eigenvalue weighted by molar-refractivity contribution is 6.03. The molecule has 0 aliphatic heterocycles. The van der Waals surface area contributed by atoms with Gasteiger partial charge in [0.15, 0.2) is 5.82 Å². The van der Waals surface area contributed by atoms with Crippen molar-refractivity contribution >= 4 is 22.6 Å². The van der Waals surface area contributed by atoms with Gasteiger partial charge in [0.25, 0.3) is 5.91 Å². The topological polar surface area (TPSA) is 72.7 Å². The number of aryl methyl sites for hydroxylation is 1. The van der Waals surface area contributed by atoms with Crippen molar-refractivity contribution in [1.29, 1.82) is 0 Å². The van der Waals surface area contributed by atoms with Gasteiger partial charge in [-0.1, -0.05) is 24.3 Å². The van der Waals surface area contributed by atoms with Gasteiger partial charge in [0.2, 0.25) is 0 Å². The van der Waals surface area contributed by atoms with Gasteiger partial charge < -0.3 is 5.32 Å². The molecule has 0 aliphatic rings. The Kier molecular flexibility index (Phi) is 4.15. The molecule has 0 saturated carbocycles. The molecule has 0 bridgehead atoms. The molecule has 6 nitrogen and oxygen atoms in total. The van der Waals surface area contributed by atoms with Crippen molar-refractivity contribution in [2.45, 2.75) is 13.5 Å². The Morgan fingerprint density at radius 2 is 1.96 bits per heavy atom. The zero-order valence-electron chi connectivity index (χ0n) is 14.3. The van der Waals surface area contributed by atoms with Gasteiger partial charge in [-0.3, -0.25) is 19.4 Å². The van der Waals surface area contributed by atoms with Crippen molar-refractivity contribution in [3.8, 4) is 0 Å². The molecule has 1 aromatic carbocycles. The lowest BCUT2D eigenvalue weighted by Crippen LogP contribution is -2.13. The molecular formula is C20H17N5O. The van der Waals surface area contributed by atoms with Crippen LogP contribution in [0, 0.1) is 6.92 Å². The van der Waals surface area contributed by atoms with Gasteiger partial charge >= 0.3 is 0 Å². The van der Waals surface area contributed by atoms with Crippen molar-refractivity contribution in [3.05, 3.63) is 83.9 Å². The molecule has 0 spiro atoms. The van der Waals surface area contributed by atoms with E-state index in [-0.39, 0.29) is 5.91 Å². The van der Waals surface area contributed by atoms with Gasteiger partial charge in [-0.2, -0.15) is 5.10 Å². The lowest BCUT2D eigenvalue weighted by atomic mass is 10.1. The Hall–Kier alpha value is -3.54. The van der Waals surface area contributed by atoms with E-state index in [1.54, 1.807) is 35.3 Å². The highest BCUT2D eigenvalue weighted by Crippen LogP contribution is 2.17. The van der Waals surface area contributed by atoms with Crippen LogP contribution in [-0.4, -0.2) is 25.7 Å². The van der Waals surface area contributed by atoms with Crippen LogP contribution in [0.5, 0.6) is 0 Å². The number of aromatic nitrogens is 4. The number of nitrogens with zero attached hydrogens (tertiary/aromatic N) is 4. The molecule has 6 heteroatoms. The first-order valence-corrected chi connectivity index (χ1v) is 8.29. The summed E-state index contributed by atoms with van der Waals surface area (Å²) in [5.41, 5.74) is 3.41. The van der Waals surface area contributed by atoms with Gasteiger partial charge in [-0.05, 0) is 30.7 Å². The third-order valence-electron chi connectivity index (χ3n) is 4.10. The van der Waals surface area contributed by atoms with E-state index in [0.29, 0.717) is 17.9 Å². The minimum absolute atomic E-state index is 0.227. The molecule has 0 radical (unpaired) electrons. The Morgan fingerprint density at radius 3 is 2.81 bits per heavy atom. The summed E-state index contributed by atoms with van der Waals surface area (Å²) >= 11 is 0. The predicted octanol–water partition coefficient (Wildman–Crippen LogP) is 3.44. The van der Waals surface area contributed by atoms with Crippen LogP contribution < -0.4 is 5.32 Å². The largest absolute Gasteiger partial charge is 0.305 e. The molecule has 0 saturated heterocycles. The molecule has 1 amide bonds. The van der Waals surface area contributed by atoms with E-state index in [1.807, 2.05) is 43.5 Å². The monoisotopic (exact) mass is 343 g/mol. The summed E-state index contributed by atoms with van der Waals surface area (Å²) in [6.07, 6.45) is 5.18. The number of hydrogen-bond donors (Lipinski definition) is 1. The van der Waals surface area contributed by atoms with Crippen molar-refractivity contribution in [2.24, 2.45) is 0 Å². The number of hydrogen-bond acceptors (Lipinski definition) is 4. The number of carbonyl (C=O) groups is 1. The third kappa shape index (κ3) is 3.30. The van der Waals surface area contributed by atoms with E-state index in [0.717, 1.165) is 22.2 Å². The molecule has 3 heterocycles. The number of carbonyl (C=O) groups excluding carboxylic acids is 1. The number of rotatable bonds is 4. The lowest BCUT2D eigenvalue weighted by Gasteiger charge is -2.06. The minimum Gasteiger partial charge on any atom is -0.305 e. The van der Waals surface area contributed by atoms with E-state index in [9.17, 15) is 4.79 Å². The maximum atomic E-state index is 12.3. The summed E-state index contributed by atoms with van der Waals surface area (Å²) in [6.45, 7) is 2.46. The van der Waals surface area contributed by atoms with Crippen molar-refractivity contribution in [3.63, 3.8) is 0 Å². The van der Waals surface area contributed by atoms with Crippen molar-refractivity contribution < 1.29 is 4.79 Å². The first kappa shape index (κ1) is 16.0. The summed E-state index contributed by atoms with van der Waals surface area (Å²) in [4.78, 5) is 20.9. The average Bonchev–Trinajstić information content (AvgIpc) is 3.09. The molecule has 128 valence electrons. The van der Waals surface area contributed by atoms with Gasteiger partial charge in [0, 0.05) is 35.7 Å². The number of nitrogens with one attached hydrogen (secondary N) is 1. The quantitative estimate of drug-likeness (QED) is 0.616. The van der Waals surface area contributed by atoms with Gasteiger partial charge in [0.1, 0.15) is 0 Å². The smallest absolute Gasteiger partial charge is 0.258 e. The van der Waals surface area contributed by atoms with E-state index >= 15 is 0 Å². The zero-order chi connectivity index (χ0) is 17.9. The first-order valence-electron chi connectivity index (χ1n) is 8.29. The van der Waals surface area contributed by atoms with Crippen LogP contribution in [0.25, 0.3) is 10.9 Å². The maximum absolute atomic E-state index is 12.3. The number of anilines is 1. The lowest BCUT2D eigenvalue weighted by molar-refractivity contribution is 0.102. The van der Waals surface area contributed by atoms with E-state index in [4.69, 9.17) is 0 Å². The summed E-state index contributed by atoms with van der Waals surface area (Å²) in [5, 5.41) is 8.32. The summed E-state index contributed by atoms with van der Waals surface area (Å²) in [7, 11) is 0. The highest BCUT2D eigenvalue weighted by atomic mass is 16.1. The third-order valence-corrected chi connectivity index (χ3v) is 4.10. The maximum Gasteiger partial charge on any atom is 0.258 e. The van der Waals surface area contributed by atoms with E-state index < -0.39 is 0 Å². The van der Waals surface area contributed by atoms with Crippen LogP contribution in [0.1, 0.15) is 21.6 Å². The molecular weight excluding hydrogens is 326 g/mol. The normalized spacial score (nSPS) is 10.8. The second-order valence-corrected chi connectivity index (χ2v) is 6.03. The number of benzene rings is 1. The van der Waals surface area contributed by atoms with Crippen molar-refractivity contribution in [2.75, 3.05) is 5.32 Å². The molecule has 0 atom stereocenters. The SMILES string of the molecule is Cc1ccc(C(=O)Nc2ccn(Cc3cccc4cccnc34)n2)cn1. The fourth-order valence-corrected chi connectivity index (χ4v) is 2.78. The molecule has 0 unspecified atom stereocenters. The fraction of sp³-hybridized carbons (Fsp3) is 0.100. The van der Waals surface area contributed by atoms with Gasteiger partial charge in [-0.15, -0.1) is 0 Å². The second kappa shape index (κ2) is 6.76. The Bertz CT molecular complexity index is 1060. The molecule has 3 aromatic heterocycles. The van der Waals surface area contributed by atoms with Gasteiger partial charge in [0.05, 0.1) is 17.6 Å². The van der Waals surface area contributed by atoms with E-state index in [1.165, 1.54) is 0 Å². The molecule has 4 rings (SSSR count). The van der Waals surface area contributed by atoms with Crippen molar-refractivity contribution in [1.82, 2.24) is 19.7 Å². The van der Waals surface area contributed by atoms with Gasteiger partial charge in [-0.25, -0.2) is 0 Å². The van der Waals surface area contributed by atoms with Crippen LogP contribution in [0.15, 0.2) is 67.1 Å². The number of amides is 1. The fourth-order valence-electron chi connectivity index (χ4n) is 2.78. The second-order valence-electron chi connectivity index (χ2n) is 6.03. The number of para-hydroxylation sites is 1. The van der Waals surface area contributed by atoms with Crippen LogP contribution in [0.2, 0.25) is 0 Å². The summed E-state index contributed by atoms with van der Waals surface area (Å²) in [6, 6.07) is 15.4. The van der Waals surface area contributed by atoms with E-state index in [2.05, 4.69) is 20.4 Å².